The second-order valence-electron chi connectivity index (χ2n) is 4.31. The van der Waals surface area contributed by atoms with Crippen molar-refractivity contribution >= 4 is 23.2 Å². The molecular weight excluding hydrogens is 244 g/mol. The summed E-state index contributed by atoms with van der Waals surface area (Å²) in [4.78, 5) is 27.5. The lowest BCUT2D eigenvalue weighted by Crippen LogP contribution is -2.32. The molecule has 1 aromatic carbocycles. The molecule has 0 atom stereocenters. The normalized spacial score (nSPS) is 15.3. The quantitative estimate of drug-likeness (QED) is 0.780. The lowest BCUT2D eigenvalue weighted by Gasteiger charge is -2.24. The predicted molar refractivity (Wildman–Crippen MR) is 73.7 cm³/mol. The van der Waals surface area contributed by atoms with E-state index < -0.39 is 0 Å². The standard InChI is InChI=1S/C14H18N2O3/c1-4-15-11-7-6-10(19-3)8-12(11)16(5-2)14(18)9-13(15)17/h6-8H,4-5,9H2,1-3H3. The van der Waals surface area contributed by atoms with Crippen LogP contribution in [-0.2, 0) is 9.59 Å². The molecule has 0 aliphatic carbocycles. The van der Waals surface area contributed by atoms with Gasteiger partial charge in [-0.1, -0.05) is 0 Å². The first-order valence-corrected chi connectivity index (χ1v) is 6.41. The van der Waals surface area contributed by atoms with E-state index in [4.69, 9.17) is 4.74 Å². The number of nitrogens with zero attached hydrogens (tertiary/aromatic N) is 2. The highest BCUT2D eigenvalue weighted by Crippen LogP contribution is 2.36. The van der Waals surface area contributed by atoms with Crippen molar-refractivity contribution in [3.63, 3.8) is 0 Å². The van der Waals surface area contributed by atoms with Crippen LogP contribution in [0.2, 0.25) is 0 Å². The van der Waals surface area contributed by atoms with E-state index in [1.165, 1.54) is 0 Å². The Hall–Kier alpha value is -2.04. The van der Waals surface area contributed by atoms with Crippen molar-refractivity contribution in [3.8, 4) is 5.75 Å². The van der Waals surface area contributed by atoms with Gasteiger partial charge in [-0.2, -0.15) is 0 Å². The van der Waals surface area contributed by atoms with Crippen molar-refractivity contribution in [3.05, 3.63) is 18.2 Å². The molecule has 0 fully saturated rings. The Morgan fingerprint density at radius 3 is 2.16 bits per heavy atom. The van der Waals surface area contributed by atoms with Gasteiger partial charge in [0.05, 0.1) is 18.5 Å². The number of hydrogen-bond donors (Lipinski definition) is 0. The highest BCUT2D eigenvalue weighted by molar-refractivity contribution is 6.15. The average Bonchev–Trinajstić information content (AvgIpc) is 2.50. The lowest BCUT2D eigenvalue weighted by molar-refractivity contribution is -0.126. The summed E-state index contributed by atoms with van der Waals surface area (Å²) in [5.74, 6) is 0.350. The van der Waals surface area contributed by atoms with E-state index in [2.05, 4.69) is 0 Å². The van der Waals surface area contributed by atoms with Crippen molar-refractivity contribution in [2.75, 3.05) is 30.0 Å². The molecule has 1 heterocycles. The van der Waals surface area contributed by atoms with Crippen LogP contribution in [0.25, 0.3) is 0 Å². The SMILES string of the molecule is CCN1C(=O)CC(=O)N(CC)c2cc(OC)ccc21. The third-order valence-electron chi connectivity index (χ3n) is 3.30. The Balaban J connectivity index is 2.61. The van der Waals surface area contributed by atoms with E-state index >= 15 is 0 Å². The van der Waals surface area contributed by atoms with E-state index in [1.807, 2.05) is 19.9 Å². The fourth-order valence-electron chi connectivity index (χ4n) is 2.36. The number of anilines is 2. The van der Waals surface area contributed by atoms with Gasteiger partial charge in [0.1, 0.15) is 12.2 Å². The second kappa shape index (κ2) is 5.30. The van der Waals surface area contributed by atoms with Crippen LogP contribution in [0, 0.1) is 0 Å². The maximum Gasteiger partial charge on any atom is 0.236 e. The molecule has 1 aliphatic heterocycles. The number of ether oxygens (including phenoxy) is 1. The Morgan fingerprint density at radius 2 is 1.63 bits per heavy atom. The van der Waals surface area contributed by atoms with Gasteiger partial charge < -0.3 is 14.5 Å². The van der Waals surface area contributed by atoms with E-state index in [1.54, 1.807) is 29.0 Å². The minimum atomic E-state index is -0.169. The molecule has 1 aromatic rings. The topological polar surface area (TPSA) is 49.9 Å². The maximum absolute atomic E-state index is 12.1. The Morgan fingerprint density at radius 1 is 1.05 bits per heavy atom. The van der Waals surface area contributed by atoms with Gasteiger partial charge in [-0.25, -0.2) is 0 Å². The van der Waals surface area contributed by atoms with Gasteiger partial charge >= 0.3 is 0 Å². The fraction of sp³-hybridized carbons (Fsp3) is 0.429. The highest BCUT2D eigenvalue weighted by atomic mass is 16.5. The second-order valence-corrected chi connectivity index (χ2v) is 4.31. The zero-order chi connectivity index (χ0) is 14.0. The van der Waals surface area contributed by atoms with Crippen molar-refractivity contribution in [1.82, 2.24) is 0 Å². The molecule has 0 bridgehead atoms. The molecule has 0 aromatic heterocycles. The lowest BCUT2D eigenvalue weighted by atomic mass is 10.2. The molecule has 2 amide bonds. The van der Waals surface area contributed by atoms with E-state index in [0.29, 0.717) is 18.8 Å². The number of rotatable bonds is 3. The fourth-order valence-corrected chi connectivity index (χ4v) is 2.36. The molecule has 0 N–H and O–H groups in total. The van der Waals surface area contributed by atoms with Crippen LogP contribution < -0.4 is 14.5 Å². The molecule has 1 aliphatic rings. The summed E-state index contributed by atoms with van der Waals surface area (Å²) < 4.78 is 5.20. The largest absolute Gasteiger partial charge is 0.497 e. The van der Waals surface area contributed by atoms with Crippen LogP contribution in [0.1, 0.15) is 20.3 Å². The summed E-state index contributed by atoms with van der Waals surface area (Å²) in [6.07, 6.45) is -0.0846. The van der Waals surface area contributed by atoms with Crippen LogP contribution in [-0.4, -0.2) is 32.0 Å². The van der Waals surface area contributed by atoms with Gasteiger partial charge in [-0.3, -0.25) is 9.59 Å². The number of fused-ring (bicyclic) bond motifs is 1. The van der Waals surface area contributed by atoms with Gasteiger partial charge in [0, 0.05) is 19.2 Å². The first-order valence-electron chi connectivity index (χ1n) is 6.41. The zero-order valence-corrected chi connectivity index (χ0v) is 11.5. The minimum absolute atomic E-state index is 0.0846. The summed E-state index contributed by atoms with van der Waals surface area (Å²) in [5.41, 5.74) is 1.50. The monoisotopic (exact) mass is 262 g/mol. The number of methoxy groups -OCH3 is 1. The van der Waals surface area contributed by atoms with Crippen molar-refractivity contribution < 1.29 is 14.3 Å². The van der Waals surface area contributed by atoms with Crippen LogP contribution in [0.5, 0.6) is 5.75 Å². The molecule has 102 valence electrons. The van der Waals surface area contributed by atoms with Crippen LogP contribution >= 0.6 is 0 Å². The summed E-state index contributed by atoms with van der Waals surface area (Å²) >= 11 is 0. The molecule has 5 nitrogen and oxygen atoms in total. The molecule has 5 heteroatoms. The van der Waals surface area contributed by atoms with Crippen molar-refractivity contribution in [1.29, 1.82) is 0 Å². The van der Waals surface area contributed by atoms with Crippen LogP contribution in [0.4, 0.5) is 11.4 Å². The molecule has 0 saturated carbocycles. The van der Waals surface area contributed by atoms with E-state index in [0.717, 1.165) is 11.4 Å². The third kappa shape index (κ3) is 2.28. The number of carbonyl (C=O) groups excluding carboxylic acids is 2. The number of carbonyl (C=O) groups is 2. The van der Waals surface area contributed by atoms with Gasteiger partial charge in [0.25, 0.3) is 0 Å². The Bertz CT molecular complexity index is 513. The Kier molecular flexibility index (Phi) is 3.74. The molecule has 0 spiro atoms. The van der Waals surface area contributed by atoms with Crippen molar-refractivity contribution in [2.45, 2.75) is 20.3 Å². The van der Waals surface area contributed by atoms with Crippen LogP contribution in [0.3, 0.4) is 0 Å². The van der Waals surface area contributed by atoms with Gasteiger partial charge in [0.15, 0.2) is 0 Å². The average molecular weight is 262 g/mol. The Labute approximate surface area is 112 Å². The van der Waals surface area contributed by atoms with Crippen molar-refractivity contribution in [2.24, 2.45) is 0 Å². The summed E-state index contributed by atoms with van der Waals surface area (Å²) in [5, 5.41) is 0. The van der Waals surface area contributed by atoms with Crippen LogP contribution in [0.15, 0.2) is 18.2 Å². The molecule has 19 heavy (non-hydrogen) atoms. The smallest absolute Gasteiger partial charge is 0.236 e. The van der Waals surface area contributed by atoms with E-state index in [-0.39, 0.29) is 18.2 Å². The number of benzene rings is 1. The molecule has 0 radical (unpaired) electrons. The molecule has 0 unspecified atom stereocenters. The third-order valence-corrected chi connectivity index (χ3v) is 3.30. The molecule has 0 saturated heterocycles. The zero-order valence-electron chi connectivity index (χ0n) is 11.5. The van der Waals surface area contributed by atoms with Gasteiger partial charge in [-0.15, -0.1) is 0 Å². The van der Waals surface area contributed by atoms with E-state index in [9.17, 15) is 9.59 Å². The highest BCUT2D eigenvalue weighted by Gasteiger charge is 2.30. The van der Waals surface area contributed by atoms with Gasteiger partial charge in [0.2, 0.25) is 11.8 Å². The summed E-state index contributed by atoms with van der Waals surface area (Å²) in [6, 6.07) is 5.44. The number of hydrogen-bond acceptors (Lipinski definition) is 3. The minimum Gasteiger partial charge on any atom is -0.497 e. The molecular formula is C14H18N2O3. The maximum atomic E-state index is 12.1. The predicted octanol–water partition coefficient (Wildman–Crippen LogP) is 1.80. The summed E-state index contributed by atoms with van der Waals surface area (Å²) in [7, 11) is 1.58. The summed E-state index contributed by atoms with van der Waals surface area (Å²) in [6.45, 7) is 4.87. The first kappa shape index (κ1) is 13.4. The first-order chi connectivity index (χ1) is 9.12. The van der Waals surface area contributed by atoms with Gasteiger partial charge in [-0.05, 0) is 26.0 Å². The molecule has 2 rings (SSSR count). The number of amides is 2.